The average molecular weight is 247 g/mol. The standard InChI is InChI=1S/C13H17N3S/c1-16(2)10-7-13(12(8-14)15-9-10)17-11-5-3-4-6-11/h7,9,11H,3-6H2,1-2H3. The quantitative estimate of drug-likeness (QED) is 0.823. The number of hydrogen-bond acceptors (Lipinski definition) is 4. The van der Waals surface area contributed by atoms with Gasteiger partial charge in [-0.3, -0.25) is 0 Å². The van der Waals surface area contributed by atoms with E-state index in [9.17, 15) is 0 Å². The minimum Gasteiger partial charge on any atom is -0.376 e. The number of nitrogens with zero attached hydrogens (tertiary/aromatic N) is 3. The number of anilines is 1. The molecule has 17 heavy (non-hydrogen) atoms. The summed E-state index contributed by atoms with van der Waals surface area (Å²) in [7, 11) is 3.99. The Morgan fingerprint density at radius 2 is 2.12 bits per heavy atom. The van der Waals surface area contributed by atoms with E-state index in [1.165, 1.54) is 25.7 Å². The Bertz CT molecular complexity index is 431. The maximum absolute atomic E-state index is 9.08. The van der Waals surface area contributed by atoms with Crippen LogP contribution in [0.15, 0.2) is 17.2 Å². The zero-order chi connectivity index (χ0) is 12.3. The van der Waals surface area contributed by atoms with Gasteiger partial charge in [-0.2, -0.15) is 5.26 Å². The van der Waals surface area contributed by atoms with Crippen LogP contribution in [0, 0.1) is 11.3 Å². The van der Waals surface area contributed by atoms with Crippen LogP contribution < -0.4 is 4.90 Å². The molecule has 0 saturated heterocycles. The molecule has 0 N–H and O–H groups in total. The van der Waals surface area contributed by atoms with Gasteiger partial charge < -0.3 is 4.90 Å². The molecular formula is C13H17N3S. The fraction of sp³-hybridized carbons (Fsp3) is 0.538. The Morgan fingerprint density at radius 3 is 2.71 bits per heavy atom. The predicted molar refractivity (Wildman–Crippen MR) is 71.4 cm³/mol. The van der Waals surface area contributed by atoms with Gasteiger partial charge in [-0.05, 0) is 18.9 Å². The molecule has 1 fully saturated rings. The Balaban J connectivity index is 2.22. The van der Waals surface area contributed by atoms with Crippen molar-refractivity contribution in [2.24, 2.45) is 0 Å². The van der Waals surface area contributed by atoms with E-state index in [1.807, 2.05) is 30.8 Å². The van der Waals surface area contributed by atoms with Gasteiger partial charge in [0.15, 0.2) is 5.69 Å². The van der Waals surface area contributed by atoms with E-state index in [2.05, 4.69) is 17.1 Å². The monoisotopic (exact) mass is 247 g/mol. The second kappa shape index (κ2) is 5.42. The normalized spacial score (nSPS) is 15.8. The van der Waals surface area contributed by atoms with Crippen molar-refractivity contribution in [3.63, 3.8) is 0 Å². The van der Waals surface area contributed by atoms with Crippen LogP contribution in [0.4, 0.5) is 5.69 Å². The molecule has 1 saturated carbocycles. The van der Waals surface area contributed by atoms with E-state index >= 15 is 0 Å². The van der Waals surface area contributed by atoms with E-state index in [0.717, 1.165) is 10.6 Å². The van der Waals surface area contributed by atoms with Gasteiger partial charge in [0, 0.05) is 24.2 Å². The Kier molecular flexibility index (Phi) is 3.90. The molecule has 0 aliphatic heterocycles. The first kappa shape index (κ1) is 12.3. The molecule has 1 aliphatic rings. The minimum atomic E-state index is 0.562. The van der Waals surface area contributed by atoms with Crippen molar-refractivity contribution in [3.05, 3.63) is 18.0 Å². The Hall–Kier alpha value is -1.21. The molecule has 1 aliphatic carbocycles. The topological polar surface area (TPSA) is 39.9 Å². The lowest BCUT2D eigenvalue weighted by Crippen LogP contribution is -2.09. The summed E-state index contributed by atoms with van der Waals surface area (Å²) in [5.74, 6) is 0. The molecule has 0 atom stereocenters. The largest absolute Gasteiger partial charge is 0.376 e. The second-order valence-electron chi connectivity index (χ2n) is 4.57. The number of rotatable bonds is 3. The number of pyridine rings is 1. The molecule has 1 aromatic rings. The number of aromatic nitrogens is 1. The fourth-order valence-corrected chi connectivity index (χ4v) is 3.37. The number of thioether (sulfide) groups is 1. The first-order valence-electron chi connectivity index (χ1n) is 5.95. The van der Waals surface area contributed by atoms with Gasteiger partial charge in [-0.1, -0.05) is 12.8 Å². The highest BCUT2D eigenvalue weighted by Gasteiger charge is 2.18. The van der Waals surface area contributed by atoms with Gasteiger partial charge in [-0.25, -0.2) is 4.98 Å². The highest BCUT2D eigenvalue weighted by atomic mass is 32.2. The summed E-state index contributed by atoms with van der Waals surface area (Å²) in [4.78, 5) is 7.29. The number of nitriles is 1. The van der Waals surface area contributed by atoms with Crippen molar-refractivity contribution in [1.29, 1.82) is 5.26 Å². The summed E-state index contributed by atoms with van der Waals surface area (Å²) in [6.07, 6.45) is 6.93. The first-order valence-corrected chi connectivity index (χ1v) is 6.83. The van der Waals surface area contributed by atoms with Gasteiger partial charge in [0.05, 0.1) is 11.9 Å². The third kappa shape index (κ3) is 2.92. The SMILES string of the molecule is CN(C)c1cnc(C#N)c(SC2CCCC2)c1. The molecule has 90 valence electrons. The van der Waals surface area contributed by atoms with Gasteiger partial charge >= 0.3 is 0 Å². The lowest BCUT2D eigenvalue weighted by molar-refractivity contribution is 0.886. The third-order valence-electron chi connectivity index (χ3n) is 3.06. The average Bonchev–Trinajstić information content (AvgIpc) is 2.81. The van der Waals surface area contributed by atoms with E-state index in [-0.39, 0.29) is 0 Å². The fourth-order valence-electron chi connectivity index (χ4n) is 2.04. The summed E-state index contributed by atoms with van der Waals surface area (Å²) in [6, 6.07) is 4.26. The summed E-state index contributed by atoms with van der Waals surface area (Å²) >= 11 is 1.82. The summed E-state index contributed by atoms with van der Waals surface area (Å²) in [5, 5.41) is 9.75. The molecule has 1 heterocycles. The van der Waals surface area contributed by atoms with Gasteiger partial charge in [-0.15, -0.1) is 11.8 Å². The molecule has 0 unspecified atom stereocenters. The Labute approximate surface area is 107 Å². The molecule has 0 aromatic carbocycles. The smallest absolute Gasteiger partial charge is 0.154 e. The maximum atomic E-state index is 9.08. The minimum absolute atomic E-state index is 0.562. The molecule has 4 heteroatoms. The molecule has 3 nitrogen and oxygen atoms in total. The van der Waals surface area contributed by atoms with Crippen LogP contribution in [-0.4, -0.2) is 24.3 Å². The van der Waals surface area contributed by atoms with E-state index < -0.39 is 0 Å². The predicted octanol–water partition coefficient (Wildman–Crippen LogP) is 3.05. The summed E-state index contributed by atoms with van der Waals surface area (Å²) in [5.41, 5.74) is 1.62. The van der Waals surface area contributed by atoms with Crippen molar-refractivity contribution in [2.75, 3.05) is 19.0 Å². The maximum Gasteiger partial charge on any atom is 0.154 e. The van der Waals surface area contributed by atoms with Crippen LogP contribution in [0.3, 0.4) is 0 Å². The second-order valence-corrected chi connectivity index (χ2v) is 5.91. The van der Waals surface area contributed by atoms with Crippen LogP contribution in [0.25, 0.3) is 0 Å². The highest BCUT2D eigenvalue weighted by molar-refractivity contribution is 8.00. The van der Waals surface area contributed by atoms with E-state index in [4.69, 9.17) is 5.26 Å². The van der Waals surface area contributed by atoms with Crippen molar-refractivity contribution < 1.29 is 0 Å². The zero-order valence-electron chi connectivity index (χ0n) is 10.3. The van der Waals surface area contributed by atoms with Gasteiger partial charge in [0.25, 0.3) is 0 Å². The molecule has 0 radical (unpaired) electrons. The summed E-state index contributed by atoms with van der Waals surface area (Å²) < 4.78 is 0. The van der Waals surface area contributed by atoms with Gasteiger partial charge in [0.1, 0.15) is 6.07 Å². The van der Waals surface area contributed by atoms with Gasteiger partial charge in [0.2, 0.25) is 0 Å². The van der Waals surface area contributed by atoms with Crippen LogP contribution in [-0.2, 0) is 0 Å². The van der Waals surface area contributed by atoms with Crippen molar-refractivity contribution >= 4 is 17.4 Å². The van der Waals surface area contributed by atoms with Crippen molar-refractivity contribution in [2.45, 2.75) is 35.8 Å². The van der Waals surface area contributed by atoms with E-state index in [1.54, 1.807) is 6.20 Å². The van der Waals surface area contributed by atoms with Crippen molar-refractivity contribution in [3.8, 4) is 6.07 Å². The van der Waals surface area contributed by atoms with Crippen LogP contribution in [0.1, 0.15) is 31.4 Å². The molecule has 2 rings (SSSR count). The highest BCUT2D eigenvalue weighted by Crippen LogP contribution is 2.36. The van der Waals surface area contributed by atoms with Crippen LogP contribution in [0.2, 0.25) is 0 Å². The van der Waals surface area contributed by atoms with Crippen LogP contribution in [0.5, 0.6) is 0 Å². The molecule has 0 spiro atoms. The third-order valence-corrected chi connectivity index (χ3v) is 4.43. The molecule has 0 amide bonds. The van der Waals surface area contributed by atoms with Crippen LogP contribution >= 0.6 is 11.8 Å². The molecule has 1 aromatic heterocycles. The van der Waals surface area contributed by atoms with Crippen molar-refractivity contribution in [1.82, 2.24) is 4.98 Å². The number of hydrogen-bond donors (Lipinski definition) is 0. The molecule has 0 bridgehead atoms. The lowest BCUT2D eigenvalue weighted by Gasteiger charge is -2.15. The Morgan fingerprint density at radius 1 is 1.41 bits per heavy atom. The zero-order valence-corrected chi connectivity index (χ0v) is 11.1. The molecular weight excluding hydrogens is 230 g/mol. The first-order chi connectivity index (χ1) is 8.20. The van der Waals surface area contributed by atoms with E-state index in [0.29, 0.717) is 10.9 Å². The lowest BCUT2D eigenvalue weighted by atomic mass is 10.3. The summed E-state index contributed by atoms with van der Waals surface area (Å²) in [6.45, 7) is 0.